The summed E-state index contributed by atoms with van der Waals surface area (Å²) in [6, 6.07) is 14.2. The Bertz CT molecular complexity index is 3290. The van der Waals surface area contributed by atoms with Crippen molar-refractivity contribution >= 4 is 49.4 Å². The predicted octanol–water partition coefficient (Wildman–Crippen LogP) is 15.6. The number of non-ortho nitro benzene ring substituents is 1. The summed E-state index contributed by atoms with van der Waals surface area (Å²) in [6.45, 7) is 0. The standard InChI is InChI=1S/C32H12BF24.C22H16NO4S/c34-25(35,36)13-1-14(26(37,38)39)6-21(5-13)33(22-7-15(27(40,41)42)2-16(8-22)28(43,44)45,23-9-17(29(46,47)48)3-18(10-23)30(49,50)51)24-11-19(31(52,53)54)4-20(12-24)32(55,56)57;24-22(19-11-13-20(14-12-19)23(25)26)17-28(27,21-9-5-2-6-10-21)16-15-18-7-3-1-4-8-18/h1-12H;1-14H,17H2/q-1;+1. The number of hydrogen-bond acceptors (Lipinski definition) is 4. The van der Waals surface area contributed by atoms with Gasteiger partial charge in [0.1, 0.15) is 6.15 Å². The lowest BCUT2D eigenvalue weighted by Crippen LogP contribution is -2.75. The highest BCUT2D eigenvalue weighted by Gasteiger charge is 2.47. The number of halogens is 24. The smallest absolute Gasteiger partial charge is 0.289 e. The number of Topliss-reactive ketones (excluding diaryl/α,β-unsaturated/α-hetero) is 1. The van der Waals surface area contributed by atoms with Gasteiger partial charge in [-0.05, 0) is 66.6 Å². The zero-order valence-electron chi connectivity index (χ0n) is 41.4. The van der Waals surface area contributed by atoms with Crippen LogP contribution in [0.4, 0.5) is 111 Å². The number of alkyl halides is 24. The van der Waals surface area contributed by atoms with Crippen molar-refractivity contribution in [2.75, 3.05) is 5.75 Å². The Morgan fingerprint density at radius 3 is 0.906 bits per heavy atom. The molecule has 1 unspecified atom stereocenters. The minimum Gasteiger partial charge on any atom is -0.289 e. The van der Waals surface area contributed by atoms with E-state index in [4.69, 9.17) is 0 Å². The van der Waals surface area contributed by atoms with Gasteiger partial charge in [-0.25, -0.2) is 0 Å². The maximum absolute atomic E-state index is 14.2. The predicted molar refractivity (Wildman–Crippen MR) is 258 cm³/mol. The summed E-state index contributed by atoms with van der Waals surface area (Å²) in [5.74, 6) is 2.22. The Kier molecular flexibility index (Phi) is 18.0. The third-order valence-electron chi connectivity index (χ3n) is 12.4. The number of nitro benzene ring substituents is 1. The zero-order valence-corrected chi connectivity index (χ0v) is 42.2. The van der Waals surface area contributed by atoms with Gasteiger partial charge in [-0.2, -0.15) is 127 Å². The van der Waals surface area contributed by atoms with Gasteiger partial charge in [0.15, 0.2) is 15.9 Å². The fourth-order valence-corrected chi connectivity index (χ4v) is 10.4. The minimum absolute atomic E-state index is 0.107. The van der Waals surface area contributed by atoms with Crippen LogP contribution in [0, 0.1) is 21.3 Å². The molecule has 0 fully saturated rings. The Morgan fingerprint density at radius 2 is 0.659 bits per heavy atom. The number of nitro groups is 1. The molecule has 7 aromatic carbocycles. The molecule has 1 atom stereocenters. The van der Waals surface area contributed by atoms with E-state index >= 15 is 0 Å². The fourth-order valence-electron chi connectivity index (χ4n) is 8.59. The van der Waals surface area contributed by atoms with Crippen molar-refractivity contribution in [3.8, 4) is 11.2 Å². The third-order valence-corrected chi connectivity index (χ3v) is 14.6. The van der Waals surface area contributed by atoms with E-state index in [1.807, 2.05) is 18.2 Å². The van der Waals surface area contributed by atoms with E-state index < -0.39 is 210 Å². The number of benzene rings is 7. The van der Waals surface area contributed by atoms with Gasteiger partial charge in [0, 0.05) is 23.3 Å². The topological polar surface area (TPSA) is 77.3 Å². The summed E-state index contributed by atoms with van der Waals surface area (Å²) < 4.78 is 354. The van der Waals surface area contributed by atoms with Crippen LogP contribution in [0.3, 0.4) is 0 Å². The molecule has 0 aliphatic heterocycles. The average molecular weight is 1250 g/mol. The summed E-state index contributed by atoms with van der Waals surface area (Å²) in [5.41, 5.74) is -29.3. The van der Waals surface area contributed by atoms with E-state index in [0.29, 0.717) is 10.5 Å². The molecular formula is C54H28BF24NO4S. The van der Waals surface area contributed by atoms with Crippen molar-refractivity contribution < 1.29 is 119 Å². The molecule has 5 nitrogen and oxygen atoms in total. The summed E-state index contributed by atoms with van der Waals surface area (Å²) >= 11 is 0. The highest BCUT2D eigenvalue weighted by Crippen LogP contribution is 2.42. The van der Waals surface area contributed by atoms with Crippen molar-refractivity contribution in [2.24, 2.45) is 0 Å². The molecule has 0 radical (unpaired) electrons. The molecule has 0 aliphatic carbocycles. The first-order chi connectivity index (χ1) is 38.7. The Labute approximate surface area is 462 Å². The molecule has 31 heteroatoms. The molecule has 0 saturated carbocycles. The largest absolute Gasteiger partial charge is 0.416 e. The summed E-state index contributed by atoms with van der Waals surface area (Å²) in [4.78, 5) is 23.4. The number of carbonyl (C=O) groups is 1. The summed E-state index contributed by atoms with van der Waals surface area (Å²) in [6.07, 6.45) is -54.8. The number of rotatable bonds is 9. The van der Waals surface area contributed by atoms with Crippen LogP contribution in [0.25, 0.3) is 0 Å². The van der Waals surface area contributed by atoms with Crippen LogP contribution in [0.5, 0.6) is 0 Å². The van der Waals surface area contributed by atoms with Gasteiger partial charge < -0.3 is 0 Å². The molecule has 0 amide bonds. The number of nitrogens with zero attached hydrogens (tertiary/aromatic N) is 1. The molecular weight excluding hydrogens is 1230 g/mol. The lowest BCUT2D eigenvalue weighted by Gasteiger charge is -2.46. The second kappa shape index (κ2) is 23.3. The van der Waals surface area contributed by atoms with Gasteiger partial charge in [0.25, 0.3) is 5.69 Å². The first-order valence-electron chi connectivity index (χ1n) is 23.0. The van der Waals surface area contributed by atoms with Crippen LogP contribution in [-0.4, -0.2) is 22.6 Å². The van der Waals surface area contributed by atoms with Crippen molar-refractivity contribution in [1.82, 2.24) is 0 Å². The van der Waals surface area contributed by atoms with E-state index in [0.717, 1.165) is 0 Å². The monoisotopic (exact) mass is 1250 g/mol. The molecule has 0 heterocycles. The number of carbonyl (C=O) groups excluding carboxylic acids is 1. The quantitative estimate of drug-likeness (QED) is 0.0274. The molecule has 0 aliphatic rings. The van der Waals surface area contributed by atoms with E-state index in [-0.39, 0.29) is 22.8 Å². The molecule has 0 saturated heterocycles. The summed E-state index contributed by atoms with van der Waals surface area (Å²) in [7, 11) is -2.98. The summed E-state index contributed by atoms with van der Waals surface area (Å²) in [5, 5.41) is 13.6. The van der Waals surface area contributed by atoms with E-state index in [1.54, 1.807) is 42.5 Å². The second-order valence-electron chi connectivity index (χ2n) is 18.2. The Hall–Kier alpha value is -8.30. The maximum atomic E-state index is 14.2. The van der Waals surface area contributed by atoms with Crippen LogP contribution in [0.1, 0.15) is 60.4 Å². The Morgan fingerprint density at radius 1 is 0.400 bits per heavy atom. The molecule has 0 aromatic heterocycles. The van der Waals surface area contributed by atoms with Crippen molar-refractivity contribution in [3.05, 3.63) is 223 Å². The number of hydrogen-bond donors (Lipinski definition) is 0. The molecule has 0 spiro atoms. The molecule has 0 bridgehead atoms. The third kappa shape index (κ3) is 15.5. The van der Waals surface area contributed by atoms with Gasteiger partial charge in [-0.1, -0.05) is 89.1 Å². The average Bonchev–Trinajstić information content (AvgIpc) is 1.13. The number of ketones is 1. The van der Waals surface area contributed by atoms with Crippen LogP contribution in [0.15, 0.2) is 163 Å². The van der Waals surface area contributed by atoms with Gasteiger partial charge in [0.05, 0.1) is 49.4 Å². The minimum atomic E-state index is -6.13. The van der Waals surface area contributed by atoms with Crippen LogP contribution >= 0.6 is 0 Å². The SMILES string of the molecule is FC(F)(F)c1cc([B-](c2cc(C(F)(F)F)cc(C(F)(F)F)c2)(c2cc(C(F)(F)F)cc(C(F)(F)F)c2)c2cc(C(F)(F)F)cc(C(F)(F)F)c2)cc(C(F)(F)F)c1.O=C(C[S+](=O)(C#Cc1ccccc1)c1ccccc1)c1ccc([N+](=O)[O-])cc1. The first-order valence-corrected chi connectivity index (χ1v) is 24.7. The molecule has 7 aromatic rings. The van der Waals surface area contributed by atoms with E-state index in [2.05, 4.69) is 11.2 Å². The van der Waals surface area contributed by atoms with Crippen molar-refractivity contribution in [3.63, 3.8) is 0 Å². The van der Waals surface area contributed by atoms with E-state index in [9.17, 15) is 124 Å². The van der Waals surface area contributed by atoms with Crippen molar-refractivity contribution in [1.29, 1.82) is 0 Å². The normalized spacial score (nSPS) is 13.6. The Balaban J connectivity index is 0.000000343. The highest BCUT2D eigenvalue weighted by molar-refractivity contribution is 8.07. The highest BCUT2D eigenvalue weighted by atomic mass is 32.2. The van der Waals surface area contributed by atoms with Crippen LogP contribution in [0.2, 0.25) is 0 Å². The zero-order chi connectivity index (χ0) is 63.9. The maximum Gasteiger partial charge on any atom is 0.416 e. The van der Waals surface area contributed by atoms with Crippen molar-refractivity contribution in [2.45, 2.75) is 54.3 Å². The lowest BCUT2D eigenvalue weighted by molar-refractivity contribution is -0.384. The van der Waals surface area contributed by atoms with Crippen LogP contribution in [-0.2, 0) is 63.6 Å². The molecule has 85 heavy (non-hydrogen) atoms. The second-order valence-corrected chi connectivity index (χ2v) is 20.5. The fraction of sp³-hybridized carbons (Fsp3) is 0.167. The van der Waals surface area contributed by atoms with E-state index in [1.165, 1.54) is 24.3 Å². The van der Waals surface area contributed by atoms with Gasteiger partial charge in [0.2, 0.25) is 15.7 Å². The molecule has 7 rings (SSSR count). The van der Waals surface area contributed by atoms with Crippen LogP contribution < -0.4 is 21.9 Å². The molecule has 450 valence electrons. The van der Waals surface area contributed by atoms with Gasteiger partial charge >= 0.3 is 49.4 Å². The first kappa shape index (κ1) is 65.9. The van der Waals surface area contributed by atoms with Gasteiger partial charge in [-0.3, -0.25) is 14.9 Å². The van der Waals surface area contributed by atoms with Gasteiger partial charge in [-0.15, -0.1) is 0 Å². The lowest BCUT2D eigenvalue weighted by atomic mass is 9.12. The molecule has 0 N–H and O–H groups in total.